The van der Waals surface area contributed by atoms with Gasteiger partial charge < -0.3 is 10.1 Å². The summed E-state index contributed by atoms with van der Waals surface area (Å²) >= 11 is 0. The number of hydrogen-bond acceptors (Lipinski definition) is 2. The van der Waals surface area contributed by atoms with Crippen LogP contribution in [0.1, 0.15) is 58.8 Å². The van der Waals surface area contributed by atoms with E-state index in [-0.39, 0.29) is 0 Å². The SMILES string of the molecule is CCNCC1(CC2CCCCC2)CCOC1C. The molecule has 2 heteroatoms. The highest BCUT2D eigenvalue weighted by Gasteiger charge is 2.42. The van der Waals surface area contributed by atoms with E-state index in [9.17, 15) is 0 Å². The lowest BCUT2D eigenvalue weighted by molar-refractivity contribution is 0.0453. The van der Waals surface area contributed by atoms with E-state index in [0.717, 1.165) is 25.6 Å². The van der Waals surface area contributed by atoms with Crippen molar-refractivity contribution in [1.29, 1.82) is 0 Å². The Hall–Kier alpha value is -0.0800. The highest BCUT2D eigenvalue weighted by Crippen LogP contribution is 2.43. The van der Waals surface area contributed by atoms with Crippen molar-refractivity contribution in [3.63, 3.8) is 0 Å². The number of ether oxygens (including phenoxy) is 1. The Labute approximate surface area is 107 Å². The molecule has 0 spiro atoms. The Morgan fingerprint density at radius 2 is 2.00 bits per heavy atom. The smallest absolute Gasteiger partial charge is 0.0616 e. The summed E-state index contributed by atoms with van der Waals surface area (Å²) in [6, 6.07) is 0. The first-order valence-corrected chi connectivity index (χ1v) is 7.59. The van der Waals surface area contributed by atoms with Crippen molar-refractivity contribution >= 4 is 0 Å². The third-order valence-corrected chi connectivity index (χ3v) is 4.98. The van der Waals surface area contributed by atoms with E-state index in [1.807, 2.05) is 0 Å². The monoisotopic (exact) mass is 239 g/mol. The number of nitrogens with one attached hydrogen (secondary N) is 1. The van der Waals surface area contributed by atoms with Crippen LogP contribution in [0.4, 0.5) is 0 Å². The molecule has 0 amide bonds. The van der Waals surface area contributed by atoms with Crippen LogP contribution in [0.25, 0.3) is 0 Å². The first-order chi connectivity index (χ1) is 8.27. The molecule has 1 saturated carbocycles. The average Bonchev–Trinajstić information content (AvgIpc) is 2.70. The second-order valence-corrected chi connectivity index (χ2v) is 6.11. The summed E-state index contributed by atoms with van der Waals surface area (Å²) < 4.78 is 5.87. The minimum atomic E-state index is 0.429. The number of hydrogen-bond donors (Lipinski definition) is 1. The van der Waals surface area contributed by atoms with Crippen LogP contribution >= 0.6 is 0 Å². The van der Waals surface area contributed by atoms with Crippen molar-refractivity contribution in [2.24, 2.45) is 11.3 Å². The quantitative estimate of drug-likeness (QED) is 0.794. The van der Waals surface area contributed by atoms with Crippen LogP contribution in [0.3, 0.4) is 0 Å². The molecule has 2 atom stereocenters. The van der Waals surface area contributed by atoms with Crippen molar-refractivity contribution in [2.75, 3.05) is 19.7 Å². The molecule has 0 bridgehead atoms. The van der Waals surface area contributed by atoms with Gasteiger partial charge in [0.1, 0.15) is 0 Å². The van der Waals surface area contributed by atoms with Crippen molar-refractivity contribution in [3.8, 4) is 0 Å². The largest absolute Gasteiger partial charge is 0.378 e. The molecule has 0 aromatic rings. The summed E-state index contributed by atoms with van der Waals surface area (Å²) in [6.45, 7) is 7.70. The van der Waals surface area contributed by atoms with Gasteiger partial charge >= 0.3 is 0 Å². The first-order valence-electron chi connectivity index (χ1n) is 7.59. The Balaban J connectivity index is 1.94. The Kier molecular flexibility index (Phi) is 4.87. The van der Waals surface area contributed by atoms with E-state index in [1.165, 1.54) is 44.9 Å². The molecule has 1 aliphatic heterocycles. The standard InChI is InChI=1S/C15H29NO/c1-3-16-12-15(9-10-17-13(15)2)11-14-7-5-4-6-8-14/h13-14,16H,3-12H2,1-2H3. The molecule has 2 nitrogen and oxygen atoms in total. The lowest BCUT2D eigenvalue weighted by atomic mass is 9.71. The second kappa shape index (κ2) is 6.19. The molecular weight excluding hydrogens is 210 g/mol. The Bertz CT molecular complexity index is 225. The third kappa shape index (κ3) is 3.23. The fraction of sp³-hybridized carbons (Fsp3) is 1.00. The van der Waals surface area contributed by atoms with Crippen LogP contribution in [0.2, 0.25) is 0 Å². The van der Waals surface area contributed by atoms with Gasteiger partial charge in [-0.3, -0.25) is 0 Å². The van der Waals surface area contributed by atoms with E-state index < -0.39 is 0 Å². The second-order valence-electron chi connectivity index (χ2n) is 6.11. The average molecular weight is 239 g/mol. The van der Waals surface area contributed by atoms with Gasteiger partial charge in [-0.25, -0.2) is 0 Å². The first kappa shape index (κ1) is 13.4. The molecule has 0 aromatic carbocycles. The maximum Gasteiger partial charge on any atom is 0.0616 e. The van der Waals surface area contributed by atoms with E-state index in [1.54, 1.807) is 0 Å². The molecular formula is C15H29NO. The van der Waals surface area contributed by atoms with Gasteiger partial charge in [-0.1, -0.05) is 39.0 Å². The van der Waals surface area contributed by atoms with Crippen molar-refractivity contribution in [3.05, 3.63) is 0 Å². The zero-order chi connectivity index (χ0) is 12.1. The van der Waals surface area contributed by atoms with Gasteiger partial charge in [0.05, 0.1) is 6.10 Å². The molecule has 100 valence electrons. The molecule has 0 aromatic heterocycles. The van der Waals surface area contributed by atoms with Crippen LogP contribution < -0.4 is 5.32 Å². The highest BCUT2D eigenvalue weighted by molar-refractivity contribution is 4.93. The van der Waals surface area contributed by atoms with E-state index in [4.69, 9.17) is 4.74 Å². The maximum atomic E-state index is 5.87. The maximum absolute atomic E-state index is 5.87. The van der Waals surface area contributed by atoms with Crippen molar-refractivity contribution < 1.29 is 4.74 Å². The van der Waals surface area contributed by atoms with E-state index >= 15 is 0 Å². The fourth-order valence-electron chi connectivity index (χ4n) is 3.73. The van der Waals surface area contributed by atoms with Crippen LogP contribution in [0.5, 0.6) is 0 Å². The van der Waals surface area contributed by atoms with E-state index in [2.05, 4.69) is 19.2 Å². The zero-order valence-corrected chi connectivity index (χ0v) is 11.6. The molecule has 2 rings (SSSR count). The van der Waals surface area contributed by atoms with Gasteiger partial charge in [0, 0.05) is 18.6 Å². The summed E-state index contributed by atoms with van der Waals surface area (Å²) in [6.07, 6.45) is 10.4. The summed E-state index contributed by atoms with van der Waals surface area (Å²) in [5.41, 5.74) is 0.429. The minimum Gasteiger partial charge on any atom is -0.378 e. The van der Waals surface area contributed by atoms with Crippen LogP contribution in [-0.2, 0) is 4.74 Å². The number of rotatable bonds is 5. The minimum absolute atomic E-state index is 0.429. The molecule has 1 N–H and O–H groups in total. The van der Waals surface area contributed by atoms with Crippen LogP contribution in [0, 0.1) is 11.3 Å². The van der Waals surface area contributed by atoms with Gasteiger partial charge in [-0.2, -0.15) is 0 Å². The molecule has 1 saturated heterocycles. The lowest BCUT2D eigenvalue weighted by Gasteiger charge is -2.37. The molecule has 1 heterocycles. The van der Waals surface area contributed by atoms with Gasteiger partial charge in [0.15, 0.2) is 0 Å². The Morgan fingerprint density at radius 3 is 2.59 bits per heavy atom. The summed E-state index contributed by atoms with van der Waals surface area (Å²) in [5, 5.41) is 3.57. The predicted molar refractivity (Wildman–Crippen MR) is 72.2 cm³/mol. The normalized spacial score (nSPS) is 35.3. The van der Waals surface area contributed by atoms with E-state index in [0.29, 0.717) is 11.5 Å². The van der Waals surface area contributed by atoms with Crippen molar-refractivity contribution in [2.45, 2.75) is 64.9 Å². The van der Waals surface area contributed by atoms with Crippen molar-refractivity contribution in [1.82, 2.24) is 5.32 Å². The van der Waals surface area contributed by atoms with Gasteiger partial charge in [0.25, 0.3) is 0 Å². The predicted octanol–water partition coefficient (Wildman–Crippen LogP) is 3.36. The molecule has 1 aliphatic carbocycles. The van der Waals surface area contributed by atoms with Crippen LogP contribution in [-0.4, -0.2) is 25.8 Å². The van der Waals surface area contributed by atoms with Gasteiger partial charge in [-0.15, -0.1) is 0 Å². The summed E-state index contributed by atoms with van der Waals surface area (Å²) in [7, 11) is 0. The van der Waals surface area contributed by atoms with Gasteiger partial charge in [0.2, 0.25) is 0 Å². The van der Waals surface area contributed by atoms with Gasteiger partial charge in [-0.05, 0) is 32.2 Å². The molecule has 2 unspecified atom stereocenters. The highest BCUT2D eigenvalue weighted by atomic mass is 16.5. The fourth-order valence-corrected chi connectivity index (χ4v) is 3.73. The zero-order valence-electron chi connectivity index (χ0n) is 11.6. The molecule has 0 radical (unpaired) electrons. The molecule has 2 fully saturated rings. The third-order valence-electron chi connectivity index (χ3n) is 4.98. The van der Waals surface area contributed by atoms with Crippen LogP contribution in [0.15, 0.2) is 0 Å². The summed E-state index contributed by atoms with van der Waals surface area (Å²) in [4.78, 5) is 0. The Morgan fingerprint density at radius 1 is 1.24 bits per heavy atom. The molecule has 2 aliphatic rings. The molecule has 17 heavy (non-hydrogen) atoms. The summed E-state index contributed by atoms with van der Waals surface area (Å²) in [5.74, 6) is 0.964. The topological polar surface area (TPSA) is 21.3 Å². The lowest BCUT2D eigenvalue weighted by Crippen LogP contribution is -2.41.